The van der Waals surface area contributed by atoms with Gasteiger partial charge in [0.1, 0.15) is 4.90 Å². The zero-order valence-electron chi connectivity index (χ0n) is 17.7. The van der Waals surface area contributed by atoms with Crippen molar-refractivity contribution in [2.24, 2.45) is 5.92 Å². The first-order valence-electron chi connectivity index (χ1n) is 10.2. The zero-order valence-corrected chi connectivity index (χ0v) is 18.5. The highest BCUT2D eigenvalue weighted by Crippen LogP contribution is 2.24. The molecule has 1 saturated heterocycles. The van der Waals surface area contributed by atoms with E-state index >= 15 is 0 Å². The lowest BCUT2D eigenvalue weighted by Crippen LogP contribution is -2.40. The first kappa shape index (κ1) is 22.9. The van der Waals surface area contributed by atoms with Gasteiger partial charge in [0, 0.05) is 31.2 Å². The first-order valence-corrected chi connectivity index (χ1v) is 11.7. The SMILES string of the molecule is CC(C)c1cccc(NC(=O)COC(=O)C2CCN(S(=O)(=O)c3cccnc3)CC2)c1. The Hall–Kier alpha value is -2.78. The lowest BCUT2D eigenvalue weighted by molar-refractivity contribution is -0.152. The number of rotatable bonds is 7. The van der Waals surface area contributed by atoms with Crippen LogP contribution >= 0.6 is 0 Å². The van der Waals surface area contributed by atoms with Gasteiger partial charge in [-0.1, -0.05) is 26.0 Å². The first-order chi connectivity index (χ1) is 14.8. The molecule has 1 N–H and O–H groups in total. The van der Waals surface area contributed by atoms with Gasteiger partial charge in [-0.3, -0.25) is 14.6 Å². The van der Waals surface area contributed by atoms with Gasteiger partial charge in [-0.2, -0.15) is 4.31 Å². The second kappa shape index (κ2) is 10.0. The topological polar surface area (TPSA) is 106 Å². The Kier molecular flexibility index (Phi) is 7.40. The molecule has 166 valence electrons. The number of hydrogen-bond acceptors (Lipinski definition) is 6. The number of aromatic nitrogens is 1. The van der Waals surface area contributed by atoms with Gasteiger partial charge >= 0.3 is 5.97 Å². The molecular weight excluding hydrogens is 418 g/mol. The number of sulfonamides is 1. The Labute approximate surface area is 182 Å². The smallest absolute Gasteiger partial charge is 0.309 e. The maximum Gasteiger partial charge on any atom is 0.309 e. The van der Waals surface area contributed by atoms with E-state index in [1.807, 2.05) is 18.2 Å². The molecule has 9 heteroatoms. The van der Waals surface area contributed by atoms with Crippen LogP contribution in [0.25, 0.3) is 0 Å². The highest BCUT2D eigenvalue weighted by molar-refractivity contribution is 7.89. The second-order valence-electron chi connectivity index (χ2n) is 7.80. The minimum atomic E-state index is -3.63. The van der Waals surface area contributed by atoms with Crippen molar-refractivity contribution in [3.8, 4) is 0 Å². The van der Waals surface area contributed by atoms with Crippen LogP contribution in [0, 0.1) is 5.92 Å². The summed E-state index contributed by atoms with van der Waals surface area (Å²) in [5.74, 6) is -0.990. The molecule has 1 fully saturated rings. The Morgan fingerprint density at radius 2 is 1.94 bits per heavy atom. The zero-order chi connectivity index (χ0) is 22.4. The largest absolute Gasteiger partial charge is 0.455 e. The second-order valence-corrected chi connectivity index (χ2v) is 9.74. The van der Waals surface area contributed by atoms with Gasteiger partial charge < -0.3 is 10.1 Å². The normalized spacial score (nSPS) is 15.6. The molecule has 1 aromatic carbocycles. The predicted octanol–water partition coefficient (Wildman–Crippen LogP) is 2.79. The van der Waals surface area contributed by atoms with Gasteiger partial charge in [0.25, 0.3) is 5.91 Å². The Balaban J connectivity index is 1.47. The molecule has 0 radical (unpaired) electrons. The lowest BCUT2D eigenvalue weighted by Gasteiger charge is -2.29. The average molecular weight is 446 g/mol. The third-order valence-corrected chi connectivity index (χ3v) is 7.12. The van der Waals surface area contributed by atoms with Crippen molar-refractivity contribution < 1.29 is 22.7 Å². The fourth-order valence-corrected chi connectivity index (χ4v) is 4.84. The van der Waals surface area contributed by atoms with E-state index in [-0.39, 0.29) is 24.6 Å². The molecule has 31 heavy (non-hydrogen) atoms. The lowest BCUT2D eigenvalue weighted by atomic mass is 9.98. The molecule has 1 aromatic heterocycles. The molecule has 2 heterocycles. The van der Waals surface area contributed by atoms with E-state index in [2.05, 4.69) is 24.1 Å². The third kappa shape index (κ3) is 5.89. The number of nitrogens with zero attached hydrogens (tertiary/aromatic N) is 2. The predicted molar refractivity (Wildman–Crippen MR) is 116 cm³/mol. The van der Waals surface area contributed by atoms with Crippen LogP contribution in [0.3, 0.4) is 0 Å². The Morgan fingerprint density at radius 3 is 2.58 bits per heavy atom. The van der Waals surface area contributed by atoms with Gasteiger partial charge in [-0.05, 0) is 48.6 Å². The van der Waals surface area contributed by atoms with Crippen molar-refractivity contribution in [3.05, 3.63) is 54.4 Å². The summed E-state index contributed by atoms with van der Waals surface area (Å²) in [5, 5.41) is 2.73. The van der Waals surface area contributed by atoms with Gasteiger partial charge in [0.15, 0.2) is 6.61 Å². The number of esters is 1. The van der Waals surface area contributed by atoms with E-state index in [9.17, 15) is 18.0 Å². The average Bonchev–Trinajstić information content (AvgIpc) is 2.78. The summed E-state index contributed by atoms with van der Waals surface area (Å²) in [7, 11) is -3.63. The van der Waals surface area contributed by atoms with Crippen LogP contribution in [0.2, 0.25) is 0 Å². The maximum absolute atomic E-state index is 12.6. The van der Waals surface area contributed by atoms with E-state index in [1.165, 1.54) is 22.8 Å². The number of carbonyl (C=O) groups is 2. The van der Waals surface area contributed by atoms with Crippen molar-refractivity contribution in [1.29, 1.82) is 0 Å². The maximum atomic E-state index is 12.6. The molecular formula is C22H27N3O5S. The number of hydrogen-bond donors (Lipinski definition) is 1. The molecule has 2 aromatic rings. The minimum Gasteiger partial charge on any atom is -0.455 e. The Bertz CT molecular complexity index is 1020. The van der Waals surface area contributed by atoms with Crippen molar-refractivity contribution in [1.82, 2.24) is 9.29 Å². The van der Waals surface area contributed by atoms with Crippen LogP contribution in [-0.4, -0.2) is 49.3 Å². The summed E-state index contributed by atoms with van der Waals surface area (Å²) in [4.78, 5) is 28.5. The van der Waals surface area contributed by atoms with Crippen LogP contribution in [-0.2, 0) is 24.3 Å². The van der Waals surface area contributed by atoms with Crippen molar-refractivity contribution in [2.45, 2.75) is 37.5 Å². The van der Waals surface area contributed by atoms with Crippen LogP contribution in [0.15, 0.2) is 53.7 Å². The number of pyridine rings is 1. The number of anilines is 1. The van der Waals surface area contributed by atoms with E-state index in [0.29, 0.717) is 24.4 Å². The van der Waals surface area contributed by atoms with Gasteiger partial charge in [-0.25, -0.2) is 8.42 Å². The molecule has 1 aliphatic heterocycles. The number of carbonyl (C=O) groups excluding carboxylic acids is 2. The summed E-state index contributed by atoms with van der Waals surface area (Å²) in [6.07, 6.45) is 3.51. The monoisotopic (exact) mass is 445 g/mol. The molecule has 1 amide bonds. The number of benzene rings is 1. The summed E-state index contributed by atoms with van der Waals surface area (Å²) in [5.41, 5.74) is 1.75. The summed E-state index contributed by atoms with van der Waals surface area (Å²) in [6, 6.07) is 10.6. The fraction of sp³-hybridized carbons (Fsp3) is 0.409. The van der Waals surface area contributed by atoms with Crippen molar-refractivity contribution in [2.75, 3.05) is 25.0 Å². The third-order valence-electron chi connectivity index (χ3n) is 5.24. The summed E-state index contributed by atoms with van der Waals surface area (Å²) < 4.78 is 31.8. The van der Waals surface area contributed by atoms with Crippen molar-refractivity contribution in [3.63, 3.8) is 0 Å². The van der Waals surface area contributed by atoms with Gasteiger partial charge in [0.05, 0.1) is 5.92 Å². The van der Waals surface area contributed by atoms with Crippen molar-refractivity contribution >= 4 is 27.6 Å². The van der Waals surface area contributed by atoms with E-state index in [1.54, 1.807) is 12.1 Å². The highest BCUT2D eigenvalue weighted by atomic mass is 32.2. The standard InChI is InChI=1S/C22H27N3O5S/c1-16(2)18-5-3-6-19(13-18)24-21(26)15-30-22(27)17-8-11-25(12-9-17)31(28,29)20-7-4-10-23-14-20/h3-7,10,13-14,16-17H,8-9,11-12,15H2,1-2H3,(H,24,26). The van der Waals surface area contributed by atoms with Gasteiger partial charge in [-0.15, -0.1) is 0 Å². The minimum absolute atomic E-state index is 0.134. The summed E-state index contributed by atoms with van der Waals surface area (Å²) in [6.45, 7) is 4.18. The van der Waals surface area contributed by atoms with Crippen LogP contribution in [0.5, 0.6) is 0 Å². The molecule has 0 saturated carbocycles. The number of ether oxygens (including phenoxy) is 1. The molecule has 3 rings (SSSR count). The number of piperidine rings is 1. The Morgan fingerprint density at radius 1 is 1.19 bits per heavy atom. The molecule has 0 aliphatic carbocycles. The molecule has 1 aliphatic rings. The van der Waals surface area contributed by atoms with Crippen LogP contribution < -0.4 is 5.32 Å². The quantitative estimate of drug-likeness (QED) is 0.657. The van der Waals surface area contributed by atoms with E-state index in [4.69, 9.17) is 4.74 Å². The summed E-state index contributed by atoms with van der Waals surface area (Å²) >= 11 is 0. The van der Waals surface area contributed by atoms with Gasteiger partial charge in [0.2, 0.25) is 10.0 Å². The molecule has 0 bridgehead atoms. The van der Waals surface area contributed by atoms with Crippen LogP contribution in [0.1, 0.15) is 38.2 Å². The molecule has 0 unspecified atom stereocenters. The highest BCUT2D eigenvalue weighted by Gasteiger charge is 2.33. The number of nitrogens with one attached hydrogen (secondary N) is 1. The molecule has 8 nitrogen and oxygen atoms in total. The number of amides is 1. The fourth-order valence-electron chi connectivity index (χ4n) is 3.41. The van der Waals surface area contributed by atoms with Crippen LogP contribution in [0.4, 0.5) is 5.69 Å². The van der Waals surface area contributed by atoms with E-state index < -0.39 is 27.8 Å². The van der Waals surface area contributed by atoms with E-state index in [0.717, 1.165) is 5.56 Å². The molecule has 0 spiro atoms. The molecule has 0 atom stereocenters.